The zero-order valence-corrected chi connectivity index (χ0v) is 12.2. The summed E-state index contributed by atoms with van der Waals surface area (Å²) in [7, 11) is -1.95. The molecule has 0 aliphatic carbocycles. The number of aryl methyl sites for hydroxylation is 2. The van der Waals surface area contributed by atoms with Crippen LogP contribution in [-0.2, 0) is 17.1 Å². The molecule has 6 heteroatoms. The largest absolute Gasteiger partial charge is 0.271 e. The lowest BCUT2D eigenvalue weighted by Crippen LogP contribution is -2.44. The van der Waals surface area contributed by atoms with Crippen molar-refractivity contribution in [3.63, 3.8) is 0 Å². The molecular weight excluding hydrogens is 250 g/mol. The van der Waals surface area contributed by atoms with Gasteiger partial charge in [0.15, 0.2) is 0 Å². The quantitative estimate of drug-likeness (QED) is 0.833. The third-order valence-electron chi connectivity index (χ3n) is 3.10. The minimum absolute atomic E-state index is 0.208. The Bertz CT molecular complexity index is 596. The van der Waals surface area contributed by atoms with Gasteiger partial charge in [-0.05, 0) is 27.2 Å². The Hall–Kier alpha value is -1.32. The molecular formula is C12H19N3O2S. The van der Waals surface area contributed by atoms with Crippen LogP contribution in [0, 0.1) is 26.2 Å². The summed E-state index contributed by atoms with van der Waals surface area (Å²) in [6.45, 7) is 6.91. The maximum Gasteiger partial charge on any atom is 0.245 e. The van der Waals surface area contributed by atoms with Crippen molar-refractivity contribution in [2.24, 2.45) is 7.05 Å². The van der Waals surface area contributed by atoms with E-state index < -0.39 is 15.6 Å². The smallest absolute Gasteiger partial charge is 0.245 e. The Morgan fingerprint density at radius 1 is 1.50 bits per heavy atom. The van der Waals surface area contributed by atoms with Gasteiger partial charge in [-0.15, -0.1) is 6.42 Å². The van der Waals surface area contributed by atoms with Crippen molar-refractivity contribution in [2.75, 3.05) is 0 Å². The van der Waals surface area contributed by atoms with Gasteiger partial charge in [-0.1, -0.05) is 12.8 Å². The Balaban J connectivity index is 3.28. The molecule has 0 bridgehead atoms. The van der Waals surface area contributed by atoms with Crippen LogP contribution in [0.4, 0.5) is 0 Å². The molecule has 0 amide bonds. The number of aromatic nitrogens is 2. The second kappa shape index (κ2) is 4.75. The second-order valence-corrected chi connectivity index (χ2v) is 6.18. The predicted molar refractivity (Wildman–Crippen MR) is 70.5 cm³/mol. The number of sulfonamides is 1. The van der Waals surface area contributed by atoms with Gasteiger partial charge < -0.3 is 0 Å². The Kier molecular flexibility index (Phi) is 3.89. The topological polar surface area (TPSA) is 64.0 Å². The van der Waals surface area contributed by atoms with Crippen LogP contribution in [-0.4, -0.2) is 23.7 Å². The number of nitrogens with one attached hydrogen (secondary N) is 1. The van der Waals surface area contributed by atoms with Crippen LogP contribution >= 0.6 is 0 Å². The highest BCUT2D eigenvalue weighted by Crippen LogP contribution is 2.21. The molecule has 0 aliphatic rings. The third-order valence-corrected chi connectivity index (χ3v) is 4.94. The monoisotopic (exact) mass is 269 g/mol. The van der Waals surface area contributed by atoms with Crippen molar-refractivity contribution in [2.45, 2.75) is 44.6 Å². The van der Waals surface area contributed by atoms with Crippen molar-refractivity contribution in [3.05, 3.63) is 11.4 Å². The van der Waals surface area contributed by atoms with Crippen LogP contribution in [0.25, 0.3) is 0 Å². The summed E-state index contributed by atoms with van der Waals surface area (Å²) in [6.07, 6.45) is 5.90. The number of rotatable bonds is 4. The van der Waals surface area contributed by atoms with Gasteiger partial charge in [-0.2, -0.15) is 9.82 Å². The maximum atomic E-state index is 12.4. The summed E-state index contributed by atoms with van der Waals surface area (Å²) in [5.41, 5.74) is 0.182. The van der Waals surface area contributed by atoms with Crippen molar-refractivity contribution in [3.8, 4) is 12.3 Å². The van der Waals surface area contributed by atoms with E-state index in [1.54, 1.807) is 32.5 Å². The molecule has 0 fully saturated rings. The van der Waals surface area contributed by atoms with Gasteiger partial charge in [0, 0.05) is 7.05 Å². The van der Waals surface area contributed by atoms with E-state index in [1.807, 2.05) is 6.92 Å². The maximum absolute atomic E-state index is 12.4. The lowest BCUT2D eigenvalue weighted by Gasteiger charge is -2.23. The first-order valence-electron chi connectivity index (χ1n) is 5.69. The SMILES string of the molecule is C#CC(C)(CC)NS(=O)(=O)c1c(C)nn(C)c1C. The molecule has 0 aromatic carbocycles. The van der Waals surface area contributed by atoms with Gasteiger partial charge in [-0.3, -0.25) is 4.68 Å². The van der Waals surface area contributed by atoms with Crippen LogP contribution in [0.3, 0.4) is 0 Å². The molecule has 100 valence electrons. The average molecular weight is 269 g/mol. The molecule has 1 atom stereocenters. The molecule has 0 aliphatic heterocycles. The van der Waals surface area contributed by atoms with Crippen molar-refractivity contribution in [1.82, 2.24) is 14.5 Å². The highest BCUT2D eigenvalue weighted by Gasteiger charge is 2.31. The summed E-state index contributed by atoms with van der Waals surface area (Å²) in [6, 6.07) is 0. The van der Waals surface area contributed by atoms with E-state index in [0.717, 1.165) is 0 Å². The number of terminal acetylenes is 1. The third kappa shape index (κ3) is 2.57. The van der Waals surface area contributed by atoms with E-state index in [-0.39, 0.29) is 4.90 Å². The predicted octanol–water partition coefficient (Wildman–Crippen LogP) is 1.12. The van der Waals surface area contributed by atoms with E-state index in [4.69, 9.17) is 6.42 Å². The highest BCUT2D eigenvalue weighted by molar-refractivity contribution is 7.89. The number of nitrogens with zero attached hydrogens (tertiary/aromatic N) is 2. The molecule has 1 N–H and O–H groups in total. The van der Waals surface area contributed by atoms with Crippen LogP contribution in [0.15, 0.2) is 4.90 Å². The van der Waals surface area contributed by atoms with Gasteiger partial charge in [0.1, 0.15) is 4.90 Å². The fourth-order valence-corrected chi connectivity index (χ4v) is 3.54. The van der Waals surface area contributed by atoms with E-state index in [1.165, 1.54) is 0 Å². The number of hydrogen-bond donors (Lipinski definition) is 1. The molecule has 0 saturated carbocycles. The van der Waals surface area contributed by atoms with Gasteiger partial charge in [0.05, 0.1) is 16.9 Å². The van der Waals surface area contributed by atoms with Gasteiger partial charge >= 0.3 is 0 Å². The summed E-state index contributed by atoms with van der Waals surface area (Å²) in [5, 5.41) is 4.10. The molecule has 1 rings (SSSR count). The first-order chi connectivity index (χ1) is 8.17. The summed E-state index contributed by atoms with van der Waals surface area (Å²) >= 11 is 0. The molecule has 0 radical (unpaired) electrons. The van der Waals surface area contributed by atoms with Gasteiger partial charge in [0.2, 0.25) is 10.0 Å². The van der Waals surface area contributed by atoms with E-state index in [2.05, 4.69) is 15.7 Å². The Labute approximate surface area is 109 Å². The van der Waals surface area contributed by atoms with Crippen LogP contribution in [0.2, 0.25) is 0 Å². The molecule has 0 spiro atoms. The van der Waals surface area contributed by atoms with E-state index in [9.17, 15) is 8.42 Å². The van der Waals surface area contributed by atoms with Crippen LogP contribution in [0.1, 0.15) is 31.7 Å². The molecule has 5 nitrogen and oxygen atoms in total. The summed E-state index contributed by atoms with van der Waals surface area (Å²) < 4.78 is 28.8. The lowest BCUT2D eigenvalue weighted by molar-refractivity contribution is 0.499. The van der Waals surface area contributed by atoms with Crippen molar-refractivity contribution < 1.29 is 8.42 Å². The van der Waals surface area contributed by atoms with Crippen molar-refractivity contribution >= 4 is 10.0 Å². The lowest BCUT2D eigenvalue weighted by atomic mass is 10.0. The Morgan fingerprint density at radius 3 is 2.39 bits per heavy atom. The van der Waals surface area contributed by atoms with E-state index in [0.29, 0.717) is 17.8 Å². The molecule has 1 heterocycles. The van der Waals surface area contributed by atoms with Crippen LogP contribution < -0.4 is 4.72 Å². The fourth-order valence-electron chi connectivity index (χ4n) is 1.69. The van der Waals surface area contributed by atoms with E-state index >= 15 is 0 Å². The first-order valence-corrected chi connectivity index (χ1v) is 7.17. The van der Waals surface area contributed by atoms with Gasteiger partial charge in [-0.25, -0.2) is 8.42 Å². The zero-order valence-electron chi connectivity index (χ0n) is 11.4. The molecule has 1 aromatic rings. The zero-order chi connectivity index (χ0) is 14.1. The molecule has 0 saturated heterocycles. The number of hydrogen-bond acceptors (Lipinski definition) is 3. The first kappa shape index (κ1) is 14.7. The molecule has 18 heavy (non-hydrogen) atoms. The fraction of sp³-hybridized carbons (Fsp3) is 0.583. The minimum Gasteiger partial charge on any atom is -0.271 e. The van der Waals surface area contributed by atoms with Crippen LogP contribution in [0.5, 0.6) is 0 Å². The summed E-state index contributed by atoms with van der Waals surface area (Å²) in [4.78, 5) is 0.208. The average Bonchev–Trinajstić information content (AvgIpc) is 2.52. The standard InChI is InChI=1S/C12H19N3O2S/c1-7-12(5,8-2)14-18(16,17)11-9(3)13-15(6)10(11)4/h1,14H,8H2,2-6H3. The van der Waals surface area contributed by atoms with Gasteiger partial charge in [0.25, 0.3) is 0 Å². The minimum atomic E-state index is -3.66. The normalized spacial score (nSPS) is 15.1. The highest BCUT2D eigenvalue weighted by atomic mass is 32.2. The second-order valence-electron chi connectivity index (χ2n) is 4.56. The molecule has 1 aromatic heterocycles. The van der Waals surface area contributed by atoms with Crippen molar-refractivity contribution in [1.29, 1.82) is 0 Å². The molecule has 1 unspecified atom stereocenters. The Morgan fingerprint density at radius 2 is 2.06 bits per heavy atom. The summed E-state index contributed by atoms with van der Waals surface area (Å²) in [5.74, 6) is 2.48.